The van der Waals surface area contributed by atoms with Gasteiger partial charge in [-0.15, -0.1) is 0 Å². The fourth-order valence-electron chi connectivity index (χ4n) is 2.52. The molecule has 8 heteroatoms. The van der Waals surface area contributed by atoms with Crippen LogP contribution in [0.25, 0.3) is 0 Å². The van der Waals surface area contributed by atoms with Crippen LogP contribution in [0.3, 0.4) is 0 Å². The molecule has 0 radical (unpaired) electrons. The molecule has 1 fully saturated rings. The number of hydrogen-bond donors (Lipinski definition) is 1. The van der Waals surface area contributed by atoms with Crippen molar-refractivity contribution in [3.05, 3.63) is 27.8 Å². The lowest BCUT2D eigenvalue weighted by Gasteiger charge is -2.20. The van der Waals surface area contributed by atoms with Gasteiger partial charge in [-0.2, -0.15) is 0 Å². The Morgan fingerprint density at radius 2 is 2.13 bits per heavy atom. The maximum atomic E-state index is 12.7. The summed E-state index contributed by atoms with van der Waals surface area (Å²) in [6.07, 6.45) is 0.813. The van der Waals surface area contributed by atoms with Gasteiger partial charge < -0.3 is 19.7 Å². The number of carbonyl (C=O) groups excluding carboxylic acids is 1. The molecule has 0 saturated carbocycles. The van der Waals surface area contributed by atoms with E-state index in [1.165, 1.54) is 19.2 Å². The summed E-state index contributed by atoms with van der Waals surface area (Å²) < 4.78 is 10.6. The van der Waals surface area contributed by atoms with Crippen LogP contribution in [-0.2, 0) is 0 Å². The van der Waals surface area contributed by atoms with Gasteiger partial charge in [-0.1, -0.05) is 0 Å². The monoisotopic (exact) mass is 323 g/mol. The molecule has 2 rings (SSSR count). The lowest BCUT2D eigenvalue weighted by molar-refractivity contribution is -0.385. The minimum Gasteiger partial charge on any atom is -0.493 e. The van der Waals surface area contributed by atoms with Crippen molar-refractivity contribution in [1.82, 2.24) is 10.2 Å². The van der Waals surface area contributed by atoms with Crippen LogP contribution >= 0.6 is 0 Å². The van der Waals surface area contributed by atoms with Gasteiger partial charge in [0.25, 0.3) is 11.6 Å². The van der Waals surface area contributed by atoms with Crippen LogP contribution in [0.2, 0.25) is 0 Å². The van der Waals surface area contributed by atoms with E-state index >= 15 is 0 Å². The van der Waals surface area contributed by atoms with E-state index < -0.39 is 4.92 Å². The highest BCUT2D eigenvalue weighted by atomic mass is 16.6. The van der Waals surface area contributed by atoms with Gasteiger partial charge in [0.15, 0.2) is 11.5 Å². The molecule has 1 aromatic rings. The van der Waals surface area contributed by atoms with Crippen molar-refractivity contribution in [3.8, 4) is 11.5 Å². The summed E-state index contributed by atoms with van der Waals surface area (Å²) in [5.41, 5.74) is -0.242. The molecule has 0 atom stereocenters. The van der Waals surface area contributed by atoms with E-state index in [1.54, 1.807) is 11.8 Å². The van der Waals surface area contributed by atoms with Crippen LogP contribution in [-0.4, -0.2) is 55.6 Å². The summed E-state index contributed by atoms with van der Waals surface area (Å²) >= 11 is 0. The molecule has 0 spiro atoms. The molecular weight excluding hydrogens is 302 g/mol. The smallest absolute Gasteiger partial charge is 0.286 e. The van der Waals surface area contributed by atoms with Crippen molar-refractivity contribution >= 4 is 11.6 Å². The fraction of sp³-hybridized carbons (Fsp3) is 0.533. The van der Waals surface area contributed by atoms with Crippen molar-refractivity contribution in [1.29, 1.82) is 0 Å². The molecule has 126 valence electrons. The summed E-state index contributed by atoms with van der Waals surface area (Å²) in [5, 5.41) is 14.6. The molecule has 23 heavy (non-hydrogen) atoms. The lowest BCUT2D eigenvalue weighted by Crippen LogP contribution is -2.34. The van der Waals surface area contributed by atoms with Gasteiger partial charge in [0.2, 0.25) is 0 Å². The Morgan fingerprint density at radius 1 is 1.35 bits per heavy atom. The van der Waals surface area contributed by atoms with Crippen LogP contribution in [0.1, 0.15) is 23.7 Å². The molecule has 1 saturated heterocycles. The Hall–Kier alpha value is -2.35. The quantitative estimate of drug-likeness (QED) is 0.651. The fourth-order valence-corrected chi connectivity index (χ4v) is 2.52. The van der Waals surface area contributed by atoms with Crippen LogP contribution in [0.4, 0.5) is 5.69 Å². The van der Waals surface area contributed by atoms with Crippen LogP contribution in [0, 0.1) is 10.1 Å². The number of carbonyl (C=O) groups is 1. The number of methoxy groups -OCH3 is 1. The topological polar surface area (TPSA) is 93.9 Å². The highest BCUT2D eigenvalue weighted by molar-refractivity contribution is 5.99. The van der Waals surface area contributed by atoms with E-state index in [2.05, 4.69) is 5.32 Å². The van der Waals surface area contributed by atoms with Crippen LogP contribution < -0.4 is 14.8 Å². The molecule has 1 heterocycles. The number of nitrogens with zero attached hydrogens (tertiary/aromatic N) is 2. The first-order valence-electron chi connectivity index (χ1n) is 7.57. The minimum atomic E-state index is -0.564. The van der Waals surface area contributed by atoms with Gasteiger partial charge in [-0.3, -0.25) is 14.9 Å². The normalized spacial score (nSPS) is 15.0. The summed E-state index contributed by atoms with van der Waals surface area (Å²) in [7, 11) is 1.44. The predicted molar refractivity (Wildman–Crippen MR) is 84.2 cm³/mol. The predicted octanol–water partition coefficient (Wildman–Crippen LogP) is 1.44. The van der Waals surface area contributed by atoms with E-state index in [0.717, 1.165) is 13.0 Å². The third-order valence-corrected chi connectivity index (χ3v) is 3.64. The maximum Gasteiger partial charge on any atom is 0.286 e. The molecular formula is C15H21N3O5. The van der Waals surface area contributed by atoms with Crippen molar-refractivity contribution < 1.29 is 19.2 Å². The zero-order valence-corrected chi connectivity index (χ0v) is 13.3. The Kier molecular flexibility index (Phi) is 5.75. The third kappa shape index (κ3) is 3.89. The molecule has 1 aliphatic rings. The number of nitro groups is 1. The second kappa shape index (κ2) is 7.77. The van der Waals surface area contributed by atoms with Crippen molar-refractivity contribution in [3.63, 3.8) is 0 Å². The van der Waals surface area contributed by atoms with Gasteiger partial charge in [0.05, 0.1) is 24.7 Å². The Labute approximate surface area is 134 Å². The third-order valence-electron chi connectivity index (χ3n) is 3.64. The highest BCUT2D eigenvalue weighted by Crippen LogP contribution is 2.35. The summed E-state index contributed by atoms with van der Waals surface area (Å²) in [6, 6.07) is 2.65. The average molecular weight is 323 g/mol. The number of ether oxygens (including phenoxy) is 2. The number of amides is 1. The molecule has 1 amide bonds. The number of nitro benzene ring substituents is 1. The van der Waals surface area contributed by atoms with E-state index in [1.807, 2.05) is 0 Å². The molecule has 0 unspecified atom stereocenters. The molecule has 0 aliphatic carbocycles. The van der Waals surface area contributed by atoms with Gasteiger partial charge in [-0.25, -0.2) is 0 Å². The van der Waals surface area contributed by atoms with Crippen molar-refractivity contribution in [2.24, 2.45) is 0 Å². The first kappa shape index (κ1) is 17.0. The zero-order valence-electron chi connectivity index (χ0n) is 13.3. The largest absolute Gasteiger partial charge is 0.493 e. The summed E-state index contributed by atoms with van der Waals surface area (Å²) in [6.45, 7) is 4.71. The lowest BCUT2D eigenvalue weighted by atomic mass is 10.1. The van der Waals surface area contributed by atoms with Crippen LogP contribution in [0.5, 0.6) is 11.5 Å². The van der Waals surface area contributed by atoms with Crippen molar-refractivity contribution in [2.75, 3.05) is 39.9 Å². The number of rotatable bonds is 5. The Balaban J connectivity index is 2.42. The highest BCUT2D eigenvalue weighted by Gasteiger charge is 2.28. The van der Waals surface area contributed by atoms with Gasteiger partial charge in [0.1, 0.15) is 5.56 Å². The molecule has 0 bridgehead atoms. The van der Waals surface area contributed by atoms with Gasteiger partial charge in [0, 0.05) is 25.7 Å². The second-order valence-corrected chi connectivity index (χ2v) is 5.11. The molecule has 1 aliphatic heterocycles. The average Bonchev–Trinajstić information content (AvgIpc) is 2.83. The van der Waals surface area contributed by atoms with E-state index in [4.69, 9.17) is 9.47 Å². The Bertz CT molecular complexity index is 583. The van der Waals surface area contributed by atoms with E-state index in [9.17, 15) is 14.9 Å². The van der Waals surface area contributed by atoms with Crippen molar-refractivity contribution in [2.45, 2.75) is 13.3 Å². The SMILES string of the molecule is CCOc1cc([N+](=O)[O-])c(C(=O)N2CCCNCC2)cc1OC. The maximum absolute atomic E-state index is 12.7. The number of hydrogen-bond acceptors (Lipinski definition) is 6. The molecule has 0 aromatic heterocycles. The summed E-state index contributed by atoms with van der Waals surface area (Å²) in [5.74, 6) is 0.214. The summed E-state index contributed by atoms with van der Waals surface area (Å²) in [4.78, 5) is 25.1. The number of benzene rings is 1. The molecule has 8 nitrogen and oxygen atoms in total. The first-order valence-corrected chi connectivity index (χ1v) is 7.57. The molecule has 1 N–H and O–H groups in total. The van der Waals surface area contributed by atoms with E-state index in [0.29, 0.717) is 32.0 Å². The standard InChI is InChI=1S/C15H21N3O5/c1-3-23-14-10-12(18(20)21)11(9-13(14)22-2)15(19)17-7-4-5-16-6-8-17/h9-10,16H,3-8H2,1-2H3. The zero-order chi connectivity index (χ0) is 16.8. The van der Waals surface area contributed by atoms with Crippen LogP contribution in [0.15, 0.2) is 12.1 Å². The minimum absolute atomic E-state index is 0.0252. The second-order valence-electron chi connectivity index (χ2n) is 5.11. The first-order chi connectivity index (χ1) is 11.1. The Morgan fingerprint density at radius 3 is 2.78 bits per heavy atom. The number of nitrogens with one attached hydrogen (secondary N) is 1. The van der Waals surface area contributed by atoms with Gasteiger partial charge in [-0.05, 0) is 19.9 Å². The van der Waals surface area contributed by atoms with Gasteiger partial charge >= 0.3 is 0 Å². The van der Waals surface area contributed by atoms with E-state index in [-0.39, 0.29) is 22.9 Å². The molecule has 1 aromatic carbocycles.